The van der Waals surface area contributed by atoms with E-state index in [0.29, 0.717) is 25.5 Å². The van der Waals surface area contributed by atoms with Gasteiger partial charge in [-0.05, 0) is 26.2 Å². The first-order valence-corrected chi connectivity index (χ1v) is 8.80. The van der Waals surface area contributed by atoms with Gasteiger partial charge in [0.25, 0.3) is 10.2 Å². The maximum atomic E-state index is 12.6. The SMILES string of the molecule is CCCCN(CCCl)S(=O)(=O)N1CCCCC1C. The number of piperidine rings is 1. The van der Waals surface area contributed by atoms with Crippen LogP contribution in [0.5, 0.6) is 0 Å². The first kappa shape index (κ1) is 16.2. The fourth-order valence-electron chi connectivity index (χ4n) is 2.33. The Bertz CT molecular complexity index is 335. The lowest BCUT2D eigenvalue weighted by molar-refractivity contribution is 0.245. The highest BCUT2D eigenvalue weighted by Crippen LogP contribution is 2.22. The fourth-order valence-corrected chi connectivity index (χ4v) is 4.54. The zero-order chi connectivity index (χ0) is 13.6. The molecule has 1 unspecified atom stereocenters. The van der Waals surface area contributed by atoms with Crippen LogP contribution in [0, 0.1) is 0 Å². The Morgan fingerprint density at radius 1 is 1.33 bits per heavy atom. The van der Waals surface area contributed by atoms with Gasteiger partial charge in [-0.15, -0.1) is 11.6 Å². The fraction of sp³-hybridized carbons (Fsp3) is 1.00. The Labute approximate surface area is 116 Å². The van der Waals surface area contributed by atoms with Crippen LogP contribution >= 0.6 is 11.6 Å². The lowest BCUT2D eigenvalue weighted by Crippen LogP contribution is -2.50. The number of unbranched alkanes of at least 4 members (excludes halogenated alkanes) is 1. The van der Waals surface area contributed by atoms with Gasteiger partial charge in [0.05, 0.1) is 0 Å². The predicted molar refractivity (Wildman–Crippen MR) is 76.1 cm³/mol. The quantitative estimate of drug-likeness (QED) is 0.677. The highest BCUT2D eigenvalue weighted by Gasteiger charge is 2.33. The van der Waals surface area contributed by atoms with E-state index in [0.717, 1.165) is 32.1 Å². The minimum atomic E-state index is -3.33. The number of nitrogens with zero attached hydrogens (tertiary/aromatic N) is 2. The van der Waals surface area contributed by atoms with E-state index in [9.17, 15) is 8.42 Å². The van der Waals surface area contributed by atoms with Crippen molar-refractivity contribution in [3.05, 3.63) is 0 Å². The van der Waals surface area contributed by atoms with Crippen LogP contribution in [0.1, 0.15) is 46.0 Å². The van der Waals surface area contributed by atoms with E-state index in [1.165, 1.54) is 0 Å². The maximum Gasteiger partial charge on any atom is 0.282 e. The third-order valence-corrected chi connectivity index (χ3v) is 5.78. The molecule has 4 nitrogen and oxygen atoms in total. The molecule has 0 N–H and O–H groups in total. The molecule has 0 bridgehead atoms. The zero-order valence-corrected chi connectivity index (χ0v) is 13.0. The van der Waals surface area contributed by atoms with Crippen molar-refractivity contribution in [2.45, 2.75) is 52.0 Å². The summed E-state index contributed by atoms with van der Waals surface area (Å²) in [5.41, 5.74) is 0. The second-order valence-electron chi connectivity index (χ2n) is 4.90. The van der Waals surface area contributed by atoms with Crippen LogP contribution in [0.25, 0.3) is 0 Å². The Morgan fingerprint density at radius 2 is 2.06 bits per heavy atom. The highest BCUT2D eigenvalue weighted by molar-refractivity contribution is 7.86. The summed E-state index contributed by atoms with van der Waals surface area (Å²) in [7, 11) is -3.33. The number of hydrogen-bond donors (Lipinski definition) is 0. The van der Waals surface area contributed by atoms with Crippen molar-refractivity contribution in [2.75, 3.05) is 25.5 Å². The number of alkyl halides is 1. The summed E-state index contributed by atoms with van der Waals surface area (Å²) < 4.78 is 28.4. The van der Waals surface area contributed by atoms with E-state index < -0.39 is 10.2 Å². The van der Waals surface area contributed by atoms with E-state index in [1.807, 2.05) is 6.92 Å². The van der Waals surface area contributed by atoms with Crippen LogP contribution in [-0.2, 0) is 10.2 Å². The summed E-state index contributed by atoms with van der Waals surface area (Å²) in [4.78, 5) is 0. The molecule has 0 spiro atoms. The summed E-state index contributed by atoms with van der Waals surface area (Å²) in [5, 5.41) is 0. The molecule has 1 fully saturated rings. The van der Waals surface area contributed by atoms with E-state index in [2.05, 4.69) is 6.92 Å². The first-order valence-electron chi connectivity index (χ1n) is 6.87. The minimum absolute atomic E-state index is 0.114. The van der Waals surface area contributed by atoms with Crippen LogP contribution in [-0.4, -0.2) is 48.6 Å². The molecule has 0 aromatic heterocycles. The smallest absolute Gasteiger partial charge is 0.195 e. The van der Waals surface area contributed by atoms with E-state index in [4.69, 9.17) is 11.6 Å². The lowest BCUT2D eigenvalue weighted by atomic mass is 10.1. The normalized spacial score (nSPS) is 22.6. The average molecular weight is 297 g/mol. The van der Waals surface area contributed by atoms with Crippen LogP contribution in [0.2, 0.25) is 0 Å². The van der Waals surface area contributed by atoms with Crippen LogP contribution in [0.3, 0.4) is 0 Å². The summed E-state index contributed by atoms with van der Waals surface area (Å²) >= 11 is 5.73. The third kappa shape index (κ3) is 4.08. The van der Waals surface area contributed by atoms with Gasteiger partial charge >= 0.3 is 0 Å². The zero-order valence-electron chi connectivity index (χ0n) is 11.4. The Kier molecular flexibility index (Phi) is 6.92. The van der Waals surface area contributed by atoms with Gasteiger partial charge in [0.2, 0.25) is 0 Å². The molecular formula is C12H25ClN2O2S. The molecule has 1 heterocycles. The second kappa shape index (κ2) is 7.68. The van der Waals surface area contributed by atoms with E-state index >= 15 is 0 Å². The molecule has 0 amide bonds. The van der Waals surface area contributed by atoms with Crippen LogP contribution < -0.4 is 0 Å². The minimum Gasteiger partial charge on any atom is -0.195 e. The largest absolute Gasteiger partial charge is 0.282 e. The molecule has 0 aromatic carbocycles. The van der Waals surface area contributed by atoms with Crippen LogP contribution in [0.15, 0.2) is 0 Å². The van der Waals surface area contributed by atoms with Gasteiger partial charge in [-0.1, -0.05) is 19.8 Å². The standard InChI is InChI=1S/C12H25ClN2O2S/c1-3-4-9-14(11-8-13)18(16,17)15-10-6-5-7-12(15)2/h12H,3-11H2,1-2H3. The van der Waals surface area contributed by atoms with Gasteiger partial charge < -0.3 is 0 Å². The van der Waals surface area contributed by atoms with Crippen molar-refractivity contribution >= 4 is 21.8 Å². The average Bonchev–Trinajstić information content (AvgIpc) is 2.34. The van der Waals surface area contributed by atoms with Crippen molar-refractivity contribution < 1.29 is 8.42 Å². The predicted octanol–water partition coefficient (Wildman–Crippen LogP) is 2.45. The van der Waals surface area contributed by atoms with Gasteiger partial charge in [0, 0.05) is 31.6 Å². The Hall–Kier alpha value is 0.160. The molecule has 1 saturated heterocycles. The molecule has 1 atom stereocenters. The molecule has 0 aromatic rings. The Balaban J connectivity index is 2.78. The van der Waals surface area contributed by atoms with Gasteiger partial charge in [0.15, 0.2) is 0 Å². The summed E-state index contributed by atoms with van der Waals surface area (Å²) in [6, 6.07) is 0.114. The molecule has 18 heavy (non-hydrogen) atoms. The topological polar surface area (TPSA) is 40.6 Å². The number of rotatable bonds is 7. The van der Waals surface area contributed by atoms with Gasteiger partial charge in [-0.2, -0.15) is 17.0 Å². The van der Waals surface area contributed by atoms with Gasteiger partial charge in [-0.3, -0.25) is 0 Å². The van der Waals surface area contributed by atoms with E-state index in [-0.39, 0.29) is 6.04 Å². The van der Waals surface area contributed by atoms with Gasteiger partial charge in [-0.25, -0.2) is 0 Å². The van der Waals surface area contributed by atoms with Gasteiger partial charge in [0.1, 0.15) is 0 Å². The van der Waals surface area contributed by atoms with Crippen molar-refractivity contribution in [2.24, 2.45) is 0 Å². The summed E-state index contributed by atoms with van der Waals surface area (Å²) in [6.07, 6.45) is 4.92. The Morgan fingerprint density at radius 3 is 2.61 bits per heavy atom. The highest BCUT2D eigenvalue weighted by atomic mass is 35.5. The number of halogens is 1. The monoisotopic (exact) mass is 296 g/mol. The third-order valence-electron chi connectivity index (χ3n) is 3.46. The van der Waals surface area contributed by atoms with Crippen molar-refractivity contribution in [1.29, 1.82) is 0 Å². The van der Waals surface area contributed by atoms with Crippen molar-refractivity contribution in [1.82, 2.24) is 8.61 Å². The number of hydrogen-bond acceptors (Lipinski definition) is 2. The molecule has 0 radical (unpaired) electrons. The van der Waals surface area contributed by atoms with Crippen LogP contribution in [0.4, 0.5) is 0 Å². The van der Waals surface area contributed by atoms with Crippen molar-refractivity contribution in [3.8, 4) is 0 Å². The van der Waals surface area contributed by atoms with Crippen molar-refractivity contribution in [3.63, 3.8) is 0 Å². The molecule has 0 saturated carbocycles. The molecule has 0 aliphatic carbocycles. The summed E-state index contributed by atoms with van der Waals surface area (Å²) in [5.74, 6) is 0.352. The molecular weight excluding hydrogens is 272 g/mol. The molecule has 1 aliphatic rings. The first-order chi connectivity index (χ1) is 8.54. The molecule has 6 heteroatoms. The second-order valence-corrected chi connectivity index (χ2v) is 7.16. The summed E-state index contributed by atoms with van der Waals surface area (Å²) in [6.45, 7) is 5.70. The maximum absolute atomic E-state index is 12.6. The lowest BCUT2D eigenvalue weighted by Gasteiger charge is -2.36. The molecule has 1 aliphatic heterocycles. The van der Waals surface area contributed by atoms with E-state index in [1.54, 1.807) is 8.61 Å². The molecule has 108 valence electrons. The molecule has 1 rings (SSSR count).